The van der Waals surface area contributed by atoms with E-state index in [1.807, 2.05) is 30.0 Å². The zero-order chi connectivity index (χ0) is 13.1. The molecule has 0 aromatic heterocycles. The van der Waals surface area contributed by atoms with Gasteiger partial charge in [-0.1, -0.05) is 37.1 Å². The summed E-state index contributed by atoms with van der Waals surface area (Å²) in [7, 11) is 0. The second-order valence-corrected chi connectivity index (χ2v) is 5.19. The van der Waals surface area contributed by atoms with Gasteiger partial charge >= 0.3 is 0 Å². The number of nitrogens with zero attached hydrogens (tertiary/aromatic N) is 1. The van der Waals surface area contributed by atoms with E-state index in [0.717, 1.165) is 29.8 Å². The van der Waals surface area contributed by atoms with Gasteiger partial charge in [-0.05, 0) is 30.0 Å². The number of carbonyl (C=O) groups is 1. The number of fused-ring (bicyclic) bond motifs is 1. The Morgan fingerprint density at radius 1 is 1.56 bits per heavy atom. The molecule has 0 aliphatic carbocycles. The molecule has 0 saturated heterocycles. The number of nitrogens with two attached hydrogens (primary N) is 1. The number of amides is 1. The van der Waals surface area contributed by atoms with Crippen LogP contribution in [0.15, 0.2) is 18.2 Å². The Bertz CT molecular complexity index is 447. The predicted octanol–water partition coefficient (Wildman–Crippen LogP) is 2.35. The smallest absolute Gasteiger partial charge is 0.239 e. The average molecular weight is 267 g/mol. The molecule has 2 N–H and O–H groups in total. The summed E-state index contributed by atoms with van der Waals surface area (Å²) < 4.78 is 0. The molecule has 0 saturated carbocycles. The maximum absolute atomic E-state index is 12.2. The number of hydrogen-bond acceptors (Lipinski definition) is 2. The second kappa shape index (κ2) is 5.72. The first-order valence-electron chi connectivity index (χ1n) is 6.44. The van der Waals surface area contributed by atoms with Crippen molar-refractivity contribution in [1.29, 1.82) is 0 Å². The van der Waals surface area contributed by atoms with E-state index in [2.05, 4.69) is 0 Å². The van der Waals surface area contributed by atoms with Gasteiger partial charge in [0, 0.05) is 18.1 Å². The number of rotatable bonds is 3. The van der Waals surface area contributed by atoms with Crippen molar-refractivity contribution in [2.45, 2.75) is 38.8 Å². The third-order valence-electron chi connectivity index (χ3n) is 3.44. The van der Waals surface area contributed by atoms with Crippen molar-refractivity contribution in [2.75, 3.05) is 6.54 Å². The van der Waals surface area contributed by atoms with E-state index in [4.69, 9.17) is 17.3 Å². The van der Waals surface area contributed by atoms with E-state index < -0.39 is 0 Å². The van der Waals surface area contributed by atoms with Gasteiger partial charge in [-0.25, -0.2) is 0 Å². The highest BCUT2D eigenvalue weighted by molar-refractivity contribution is 6.31. The molecule has 1 aromatic rings. The van der Waals surface area contributed by atoms with Gasteiger partial charge < -0.3 is 10.6 Å². The summed E-state index contributed by atoms with van der Waals surface area (Å²) in [6.45, 7) is 3.39. The Morgan fingerprint density at radius 3 is 3.06 bits per heavy atom. The van der Waals surface area contributed by atoms with E-state index >= 15 is 0 Å². The van der Waals surface area contributed by atoms with E-state index in [9.17, 15) is 4.79 Å². The fourth-order valence-corrected chi connectivity index (χ4v) is 2.71. The lowest BCUT2D eigenvalue weighted by molar-refractivity contribution is -0.133. The van der Waals surface area contributed by atoms with Crippen LogP contribution in [0.5, 0.6) is 0 Å². The molecule has 98 valence electrons. The van der Waals surface area contributed by atoms with Crippen molar-refractivity contribution in [2.24, 2.45) is 5.73 Å². The van der Waals surface area contributed by atoms with Crippen LogP contribution < -0.4 is 5.73 Å². The zero-order valence-electron chi connectivity index (χ0n) is 10.7. The van der Waals surface area contributed by atoms with Crippen molar-refractivity contribution in [3.63, 3.8) is 0 Å². The predicted molar refractivity (Wildman–Crippen MR) is 73.5 cm³/mol. The highest BCUT2D eigenvalue weighted by atomic mass is 35.5. The molecule has 18 heavy (non-hydrogen) atoms. The lowest BCUT2D eigenvalue weighted by Crippen LogP contribution is -2.45. The molecule has 1 atom stereocenters. The van der Waals surface area contributed by atoms with Crippen LogP contribution in [0, 0.1) is 0 Å². The molecular weight excluding hydrogens is 248 g/mol. The van der Waals surface area contributed by atoms with Crippen LogP contribution in [0.3, 0.4) is 0 Å². The highest BCUT2D eigenvalue weighted by Crippen LogP contribution is 2.26. The third kappa shape index (κ3) is 2.68. The maximum Gasteiger partial charge on any atom is 0.239 e. The second-order valence-electron chi connectivity index (χ2n) is 4.78. The Hall–Kier alpha value is -1.06. The molecule has 4 heteroatoms. The highest BCUT2D eigenvalue weighted by Gasteiger charge is 2.25. The first-order chi connectivity index (χ1) is 8.63. The molecule has 1 aromatic carbocycles. The van der Waals surface area contributed by atoms with Crippen LogP contribution in [-0.2, 0) is 17.8 Å². The molecule has 1 aliphatic heterocycles. The Morgan fingerprint density at radius 2 is 2.33 bits per heavy atom. The Balaban J connectivity index is 2.10. The van der Waals surface area contributed by atoms with Gasteiger partial charge in [0.15, 0.2) is 0 Å². The van der Waals surface area contributed by atoms with Crippen LogP contribution in [0.25, 0.3) is 0 Å². The van der Waals surface area contributed by atoms with Gasteiger partial charge in [0.2, 0.25) is 5.91 Å². The number of halogens is 1. The van der Waals surface area contributed by atoms with Gasteiger partial charge in [-0.3, -0.25) is 4.79 Å². The van der Waals surface area contributed by atoms with E-state index in [1.165, 1.54) is 5.56 Å². The van der Waals surface area contributed by atoms with E-state index in [0.29, 0.717) is 13.1 Å². The summed E-state index contributed by atoms with van der Waals surface area (Å²) in [5.41, 5.74) is 8.21. The van der Waals surface area contributed by atoms with Gasteiger partial charge in [0.25, 0.3) is 0 Å². The van der Waals surface area contributed by atoms with Gasteiger partial charge in [-0.2, -0.15) is 0 Å². The fraction of sp³-hybridized carbons (Fsp3) is 0.500. The quantitative estimate of drug-likeness (QED) is 0.913. The van der Waals surface area contributed by atoms with E-state index in [1.54, 1.807) is 0 Å². The third-order valence-corrected chi connectivity index (χ3v) is 3.79. The lowest BCUT2D eigenvalue weighted by atomic mass is 9.99. The van der Waals surface area contributed by atoms with Crippen LogP contribution in [0.1, 0.15) is 30.9 Å². The molecule has 1 unspecified atom stereocenters. The SMILES string of the molecule is CCCC(N)C(=O)N1CCc2c(Cl)cccc2C1. The average Bonchev–Trinajstić information content (AvgIpc) is 2.38. The molecule has 0 bridgehead atoms. The minimum atomic E-state index is -0.365. The van der Waals surface area contributed by atoms with Gasteiger partial charge in [-0.15, -0.1) is 0 Å². The van der Waals surface area contributed by atoms with Gasteiger partial charge in [0.1, 0.15) is 0 Å². The molecule has 0 radical (unpaired) electrons. The van der Waals surface area contributed by atoms with Crippen molar-refractivity contribution in [1.82, 2.24) is 4.90 Å². The number of benzene rings is 1. The van der Waals surface area contributed by atoms with E-state index in [-0.39, 0.29) is 11.9 Å². The summed E-state index contributed by atoms with van der Waals surface area (Å²) in [5, 5.41) is 0.803. The fourth-order valence-electron chi connectivity index (χ4n) is 2.42. The summed E-state index contributed by atoms with van der Waals surface area (Å²) in [5.74, 6) is 0.0578. The number of carbonyl (C=O) groups excluding carboxylic acids is 1. The standard InChI is InChI=1S/C14H19ClN2O/c1-2-4-13(16)14(18)17-8-7-11-10(9-17)5-3-6-12(11)15/h3,5-6,13H,2,4,7-9,16H2,1H3. The Kier molecular flexibility index (Phi) is 4.25. The summed E-state index contributed by atoms with van der Waals surface area (Å²) in [4.78, 5) is 14.0. The molecule has 0 fully saturated rings. The zero-order valence-corrected chi connectivity index (χ0v) is 11.4. The monoisotopic (exact) mass is 266 g/mol. The van der Waals surface area contributed by atoms with Crippen molar-refractivity contribution < 1.29 is 4.79 Å². The van der Waals surface area contributed by atoms with Crippen LogP contribution >= 0.6 is 11.6 Å². The largest absolute Gasteiger partial charge is 0.337 e. The molecule has 0 spiro atoms. The molecule has 1 heterocycles. The summed E-state index contributed by atoms with van der Waals surface area (Å²) in [6, 6.07) is 5.50. The summed E-state index contributed by atoms with van der Waals surface area (Å²) >= 11 is 6.15. The van der Waals surface area contributed by atoms with Crippen LogP contribution in [-0.4, -0.2) is 23.4 Å². The first-order valence-corrected chi connectivity index (χ1v) is 6.82. The summed E-state index contributed by atoms with van der Waals surface area (Å²) in [6.07, 6.45) is 2.50. The Labute approximate surface area is 113 Å². The normalized spacial score (nSPS) is 16.3. The van der Waals surface area contributed by atoms with Crippen molar-refractivity contribution >= 4 is 17.5 Å². The molecular formula is C14H19ClN2O. The molecule has 3 nitrogen and oxygen atoms in total. The van der Waals surface area contributed by atoms with Crippen LogP contribution in [0.2, 0.25) is 5.02 Å². The minimum Gasteiger partial charge on any atom is -0.337 e. The van der Waals surface area contributed by atoms with Gasteiger partial charge in [0.05, 0.1) is 6.04 Å². The van der Waals surface area contributed by atoms with Crippen LogP contribution in [0.4, 0.5) is 0 Å². The first kappa shape index (κ1) is 13.4. The molecule has 1 aliphatic rings. The van der Waals surface area contributed by atoms with Crippen molar-refractivity contribution in [3.8, 4) is 0 Å². The van der Waals surface area contributed by atoms with Crippen molar-refractivity contribution in [3.05, 3.63) is 34.3 Å². The minimum absolute atomic E-state index is 0.0578. The topological polar surface area (TPSA) is 46.3 Å². The lowest BCUT2D eigenvalue weighted by Gasteiger charge is -2.31. The number of hydrogen-bond donors (Lipinski definition) is 1. The molecule has 1 amide bonds. The molecule has 2 rings (SSSR count). The maximum atomic E-state index is 12.2.